The summed E-state index contributed by atoms with van der Waals surface area (Å²) >= 11 is 6.89. The second-order valence-electron chi connectivity index (χ2n) is 7.55. The van der Waals surface area contributed by atoms with Crippen molar-refractivity contribution in [1.82, 2.24) is 4.90 Å². The maximum Gasteiger partial charge on any atom is 0.293 e. The standard InChI is InChI=1S/C25H17ClFNO5S/c26-20-11-18(27)5-4-17(20)12-28-24(29)23(34-25(28)30)10-15-1-6-19(7-2-15)31-13-16-3-8-21-22(9-16)33-14-32-21/h1-11H,12-14H2/b23-10-. The third-order valence-electron chi connectivity index (χ3n) is 5.24. The Morgan fingerprint density at radius 3 is 2.62 bits per heavy atom. The molecule has 2 heterocycles. The van der Waals surface area contributed by atoms with Gasteiger partial charge in [-0.1, -0.05) is 35.9 Å². The Morgan fingerprint density at radius 2 is 1.82 bits per heavy atom. The Labute approximate surface area is 203 Å². The SMILES string of the molecule is O=C1S/C(=C\c2ccc(OCc3ccc4c(c3)OCO4)cc2)C(=O)N1Cc1ccc(F)cc1Cl. The van der Waals surface area contributed by atoms with Gasteiger partial charge in [0.15, 0.2) is 11.5 Å². The van der Waals surface area contributed by atoms with Crippen LogP contribution in [0.5, 0.6) is 17.2 Å². The first-order chi connectivity index (χ1) is 16.5. The minimum absolute atomic E-state index is 0.0201. The van der Waals surface area contributed by atoms with E-state index in [1.54, 1.807) is 30.3 Å². The van der Waals surface area contributed by atoms with Crippen molar-refractivity contribution in [3.05, 3.63) is 93.1 Å². The van der Waals surface area contributed by atoms with E-state index in [-0.39, 0.29) is 18.4 Å². The summed E-state index contributed by atoms with van der Waals surface area (Å²) in [6.45, 7) is 0.565. The van der Waals surface area contributed by atoms with Crippen LogP contribution in [0.4, 0.5) is 9.18 Å². The first-order valence-electron chi connectivity index (χ1n) is 10.3. The summed E-state index contributed by atoms with van der Waals surface area (Å²) in [6, 6.07) is 16.7. The van der Waals surface area contributed by atoms with Crippen molar-refractivity contribution in [3.63, 3.8) is 0 Å². The topological polar surface area (TPSA) is 65.1 Å². The molecule has 0 bridgehead atoms. The second-order valence-corrected chi connectivity index (χ2v) is 8.95. The molecule has 9 heteroatoms. The number of carbonyl (C=O) groups is 2. The van der Waals surface area contributed by atoms with E-state index in [1.807, 2.05) is 18.2 Å². The first kappa shape index (κ1) is 22.3. The van der Waals surface area contributed by atoms with Gasteiger partial charge >= 0.3 is 0 Å². The summed E-state index contributed by atoms with van der Waals surface area (Å²) in [4.78, 5) is 26.5. The number of nitrogens with zero attached hydrogens (tertiary/aromatic N) is 1. The average molecular weight is 498 g/mol. The molecule has 3 aromatic rings. The van der Waals surface area contributed by atoms with Crippen LogP contribution in [-0.2, 0) is 17.9 Å². The lowest BCUT2D eigenvalue weighted by Crippen LogP contribution is -2.27. The van der Waals surface area contributed by atoms with Crippen LogP contribution in [0.15, 0.2) is 65.6 Å². The number of hydrogen-bond donors (Lipinski definition) is 0. The highest BCUT2D eigenvalue weighted by molar-refractivity contribution is 8.18. The molecule has 2 amide bonds. The highest BCUT2D eigenvalue weighted by Crippen LogP contribution is 2.35. The number of fused-ring (bicyclic) bond motifs is 1. The van der Waals surface area contributed by atoms with Crippen molar-refractivity contribution >= 4 is 40.6 Å². The fraction of sp³-hybridized carbons (Fsp3) is 0.120. The summed E-state index contributed by atoms with van der Waals surface area (Å²) in [5.41, 5.74) is 2.19. The number of imide groups is 1. The van der Waals surface area contributed by atoms with E-state index in [4.69, 9.17) is 25.8 Å². The van der Waals surface area contributed by atoms with Gasteiger partial charge in [0.1, 0.15) is 18.2 Å². The van der Waals surface area contributed by atoms with Crippen LogP contribution < -0.4 is 14.2 Å². The fourth-order valence-corrected chi connectivity index (χ4v) is 4.53. The van der Waals surface area contributed by atoms with Gasteiger partial charge in [-0.2, -0.15) is 0 Å². The van der Waals surface area contributed by atoms with Crippen molar-refractivity contribution < 1.29 is 28.2 Å². The van der Waals surface area contributed by atoms with Gasteiger partial charge in [0.2, 0.25) is 6.79 Å². The zero-order valence-electron chi connectivity index (χ0n) is 17.6. The zero-order valence-corrected chi connectivity index (χ0v) is 19.2. The van der Waals surface area contributed by atoms with E-state index in [9.17, 15) is 14.0 Å². The number of amides is 2. The van der Waals surface area contributed by atoms with Crippen LogP contribution in [0.3, 0.4) is 0 Å². The number of rotatable bonds is 6. The third kappa shape index (κ3) is 4.73. The molecule has 5 rings (SSSR count). The Morgan fingerprint density at radius 1 is 1.03 bits per heavy atom. The molecule has 1 saturated heterocycles. The van der Waals surface area contributed by atoms with Crippen LogP contribution in [0.25, 0.3) is 6.08 Å². The van der Waals surface area contributed by atoms with Gasteiger partial charge in [-0.25, -0.2) is 4.39 Å². The highest BCUT2D eigenvalue weighted by Gasteiger charge is 2.35. The van der Waals surface area contributed by atoms with Gasteiger partial charge in [-0.15, -0.1) is 0 Å². The number of ether oxygens (including phenoxy) is 3. The van der Waals surface area contributed by atoms with Crippen LogP contribution in [0, 0.1) is 5.82 Å². The molecule has 0 aliphatic carbocycles. The normalized spacial score (nSPS) is 15.9. The Kier molecular flexibility index (Phi) is 6.17. The van der Waals surface area contributed by atoms with E-state index in [2.05, 4.69) is 0 Å². The summed E-state index contributed by atoms with van der Waals surface area (Å²) in [6.07, 6.45) is 1.65. The Bertz CT molecular complexity index is 1310. The van der Waals surface area contributed by atoms with E-state index >= 15 is 0 Å². The summed E-state index contributed by atoms with van der Waals surface area (Å²) in [5.74, 6) is 1.18. The van der Waals surface area contributed by atoms with Crippen LogP contribution >= 0.6 is 23.4 Å². The smallest absolute Gasteiger partial charge is 0.293 e. The largest absolute Gasteiger partial charge is 0.489 e. The predicted molar refractivity (Wildman–Crippen MR) is 126 cm³/mol. The molecule has 0 spiro atoms. The molecule has 0 unspecified atom stereocenters. The number of halogens is 2. The Hall–Kier alpha value is -3.49. The second kappa shape index (κ2) is 9.40. The van der Waals surface area contributed by atoms with Gasteiger partial charge in [0, 0.05) is 5.02 Å². The zero-order chi connectivity index (χ0) is 23.7. The van der Waals surface area contributed by atoms with Gasteiger partial charge in [-0.05, 0) is 70.9 Å². The van der Waals surface area contributed by atoms with Crippen molar-refractivity contribution in [2.45, 2.75) is 13.2 Å². The number of carbonyl (C=O) groups excluding carboxylic acids is 2. The highest BCUT2D eigenvalue weighted by atomic mass is 35.5. The summed E-state index contributed by atoms with van der Waals surface area (Å²) in [5, 5.41) is -0.236. The number of thioether (sulfide) groups is 1. The third-order valence-corrected chi connectivity index (χ3v) is 6.50. The van der Waals surface area contributed by atoms with E-state index in [0.717, 1.165) is 39.6 Å². The number of hydrogen-bond acceptors (Lipinski definition) is 6. The molecule has 2 aliphatic heterocycles. The average Bonchev–Trinajstić information content (AvgIpc) is 3.39. The van der Waals surface area contributed by atoms with Gasteiger partial charge < -0.3 is 14.2 Å². The fourth-order valence-electron chi connectivity index (χ4n) is 3.47. The molecule has 0 atom stereocenters. The van der Waals surface area contributed by atoms with Crippen molar-refractivity contribution in [2.75, 3.05) is 6.79 Å². The first-order valence-corrected chi connectivity index (χ1v) is 11.5. The lowest BCUT2D eigenvalue weighted by molar-refractivity contribution is -0.123. The monoisotopic (exact) mass is 497 g/mol. The quantitative estimate of drug-likeness (QED) is 0.388. The molecule has 3 aromatic carbocycles. The molecule has 172 valence electrons. The molecule has 34 heavy (non-hydrogen) atoms. The molecule has 0 radical (unpaired) electrons. The van der Waals surface area contributed by atoms with Crippen LogP contribution in [-0.4, -0.2) is 22.8 Å². The maximum atomic E-state index is 13.3. The molecular weight excluding hydrogens is 481 g/mol. The molecule has 0 saturated carbocycles. The molecule has 0 aromatic heterocycles. The van der Waals surface area contributed by atoms with Gasteiger partial charge in [0.05, 0.1) is 11.4 Å². The van der Waals surface area contributed by atoms with E-state index in [1.165, 1.54) is 12.1 Å². The molecule has 0 N–H and O–H groups in total. The lowest BCUT2D eigenvalue weighted by atomic mass is 10.2. The minimum Gasteiger partial charge on any atom is -0.489 e. The minimum atomic E-state index is -0.480. The molecule has 2 aliphatic rings. The molecule has 1 fully saturated rings. The van der Waals surface area contributed by atoms with E-state index < -0.39 is 17.0 Å². The molecular formula is C25H17ClFNO5S. The van der Waals surface area contributed by atoms with E-state index in [0.29, 0.717) is 28.6 Å². The lowest BCUT2D eigenvalue weighted by Gasteiger charge is -2.13. The van der Waals surface area contributed by atoms with Crippen LogP contribution in [0.1, 0.15) is 16.7 Å². The maximum absolute atomic E-state index is 13.3. The number of benzene rings is 3. The van der Waals surface area contributed by atoms with Crippen LogP contribution in [0.2, 0.25) is 5.02 Å². The predicted octanol–water partition coefficient (Wildman–Crippen LogP) is 6.02. The van der Waals surface area contributed by atoms with Crippen molar-refractivity contribution in [1.29, 1.82) is 0 Å². The van der Waals surface area contributed by atoms with Gasteiger partial charge in [-0.3, -0.25) is 14.5 Å². The summed E-state index contributed by atoms with van der Waals surface area (Å²) in [7, 11) is 0. The van der Waals surface area contributed by atoms with Crippen molar-refractivity contribution in [2.24, 2.45) is 0 Å². The molecule has 6 nitrogen and oxygen atoms in total. The van der Waals surface area contributed by atoms with Crippen molar-refractivity contribution in [3.8, 4) is 17.2 Å². The van der Waals surface area contributed by atoms with Gasteiger partial charge in [0.25, 0.3) is 11.1 Å². The Balaban J connectivity index is 1.23. The summed E-state index contributed by atoms with van der Waals surface area (Å²) < 4.78 is 29.8.